The highest BCUT2D eigenvalue weighted by Crippen LogP contribution is 2.21. The van der Waals surface area contributed by atoms with Crippen LogP contribution >= 0.6 is 0 Å². The van der Waals surface area contributed by atoms with Crippen LogP contribution in [-0.4, -0.2) is 31.2 Å². The number of cyclic esters (lactones) is 1. The minimum Gasteiger partial charge on any atom is -0.442 e. The Hall–Kier alpha value is -2.82. The molecule has 0 radical (unpaired) electrons. The van der Waals surface area contributed by atoms with Gasteiger partial charge in [0.2, 0.25) is 0 Å². The Morgan fingerprint density at radius 3 is 2.52 bits per heavy atom. The number of ether oxygens (including phenoxy) is 1. The lowest BCUT2D eigenvalue weighted by atomic mass is 10.1. The van der Waals surface area contributed by atoms with Crippen LogP contribution in [0.4, 0.5) is 10.5 Å². The fourth-order valence-corrected chi connectivity index (χ4v) is 2.75. The maximum atomic E-state index is 12.3. The van der Waals surface area contributed by atoms with E-state index in [2.05, 4.69) is 5.32 Å². The van der Waals surface area contributed by atoms with Crippen molar-refractivity contribution in [2.24, 2.45) is 0 Å². The van der Waals surface area contributed by atoms with Crippen LogP contribution < -0.4 is 10.2 Å². The first-order valence-electron chi connectivity index (χ1n) is 8.34. The van der Waals surface area contributed by atoms with Gasteiger partial charge in [-0.2, -0.15) is 0 Å². The second-order valence-electron chi connectivity index (χ2n) is 6.46. The zero-order chi connectivity index (χ0) is 18.0. The molecule has 0 bridgehead atoms. The van der Waals surface area contributed by atoms with Gasteiger partial charge in [-0.1, -0.05) is 23.8 Å². The van der Waals surface area contributed by atoms with E-state index in [-0.39, 0.29) is 18.1 Å². The SMILES string of the molecule is Cc1ccc(N2CC(CNC(=O)c3ccc(C)c(C)c3)OC2=O)cc1. The summed E-state index contributed by atoms with van der Waals surface area (Å²) >= 11 is 0. The number of benzene rings is 2. The van der Waals surface area contributed by atoms with Crippen molar-refractivity contribution in [1.82, 2.24) is 5.32 Å². The predicted molar refractivity (Wildman–Crippen MR) is 97.0 cm³/mol. The first kappa shape index (κ1) is 17.0. The fraction of sp³-hybridized carbons (Fsp3) is 0.300. The minimum absolute atomic E-state index is 0.159. The van der Waals surface area contributed by atoms with Gasteiger partial charge in [0, 0.05) is 11.3 Å². The van der Waals surface area contributed by atoms with Crippen molar-refractivity contribution < 1.29 is 14.3 Å². The first-order chi connectivity index (χ1) is 11.9. The number of nitrogens with one attached hydrogen (secondary N) is 1. The molecule has 1 N–H and O–H groups in total. The Bertz CT molecular complexity index is 799. The highest BCUT2D eigenvalue weighted by Gasteiger charge is 2.32. The maximum absolute atomic E-state index is 12.3. The molecule has 0 saturated carbocycles. The molecule has 0 aromatic heterocycles. The molecule has 2 amide bonds. The van der Waals surface area contributed by atoms with Crippen molar-refractivity contribution in [1.29, 1.82) is 0 Å². The largest absolute Gasteiger partial charge is 0.442 e. The van der Waals surface area contributed by atoms with Gasteiger partial charge in [-0.15, -0.1) is 0 Å². The number of anilines is 1. The standard InChI is InChI=1S/C20H22N2O3/c1-13-4-8-17(9-5-13)22-12-18(25-20(22)24)11-21-19(23)16-7-6-14(2)15(3)10-16/h4-10,18H,11-12H2,1-3H3,(H,21,23). The lowest BCUT2D eigenvalue weighted by Gasteiger charge is -2.13. The molecular weight excluding hydrogens is 316 g/mol. The summed E-state index contributed by atoms with van der Waals surface area (Å²) in [5, 5.41) is 2.85. The zero-order valence-corrected chi connectivity index (χ0v) is 14.7. The van der Waals surface area contributed by atoms with Gasteiger partial charge in [0.25, 0.3) is 5.91 Å². The van der Waals surface area contributed by atoms with E-state index < -0.39 is 0 Å². The molecule has 1 aliphatic rings. The number of nitrogens with zero attached hydrogens (tertiary/aromatic N) is 1. The number of amides is 2. The van der Waals surface area contributed by atoms with Gasteiger partial charge in [-0.25, -0.2) is 4.79 Å². The Morgan fingerprint density at radius 1 is 1.12 bits per heavy atom. The quantitative estimate of drug-likeness (QED) is 0.930. The van der Waals surface area contributed by atoms with Gasteiger partial charge in [0.15, 0.2) is 0 Å². The number of rotatable bonds is 4. The van der Waals surface area contributed by atoms with E-state index in [1.54, 1.807) is 11.0 Å². The van der Waals surface area contributed by atoms with Gasteiger partial charge >= 0.3 is 6.09 Å². The molecule has 1 aliphatic heterocycles. The number of hydrogen-bond donors (Lipinski definition) is 1. The third kappa shape index (κ3) is 3.82. The van der Waals surface area contributed by atoms with E-state index in [1.807, 2.05) is 57.2 Å². The number of aryl methyl sites for hydroxylation is 3. The van der Waals surface area contributed by atoms with E-state index in [9.17, 15) is 9.59 Å². The zero-order valence-electron chi connectivity index (χ0n) is 14.7. The summed E-state index contributed by atoms with van der Waals surface area (Å²) in [6.45, 7) is 6.70. The van der Waals surface area contributed by atoms with Gasteiger partial charge in [-0.05, 0) is 56.2 Å². The lowest BCUT2D eigenvalue weighted by molar-refractivity contribution is 0.0916. The molecular formula is C20H22N2O3. The second-order valence-corrected chi connectivity index (χ2v) is 6.46. The van der Waals surface area contributed by atoms with E-state index >= 15 is 0 Å². The molecule has 3 rings (SSSR count). The summed E-state index contributed by atoms with van der Waals surface area (Å²) in [6.07, 6.45) is -0.737. The maximum Gasteiger partial charge on any atom is 0.414 e. The van der Waals surface area contributed by atoms with Gasteiger partial charge in [0.05, 0.1) is 13.1 Å². The van der Waals surface area contributed by atoms with Gasteiger partial charge in [0.1, 0.15) is 6.10 Å². The smallest absolute Gasteiger partial charge is 0.414 e. The molecule has 1 heterocycles. The number of hydrogen-bond acceptors (Lipinski definition) is 3. The molecule has 2 aromatic rings. The molecule has 0 aliphatic carbocycles. The molecule has 5 nitrogen and oxygen atoms in total. The lowest BCUT2D eigenvalue weighted by Crippen LogP contribution is -2.34. The summed E-state index contributed by atoms with van der Waals surface area (Å²) < 4.78 is 5.36. The molecule has 1 unspecified atom stereocenters. The van der Waals surface area contributed by atoms with Gasteiger partial charge in [-0.3, -0.25) is 9.69 Å². The van der Waals surface area contributed by atoms with E-state index in [0.717, 1.165) is 22.4 Å². The minimum atomic E-state index is -0.380. The molecule has 1 atom stereocenters. The van der Waals surface area contributed by atoms with Crippen molar-refractivity contribution in [2.45, 2.75) is 26.9 Å². The summed E-state index contributed by atoms with van der Waals surface area (Å²) in [5.74, 6) is -0.159. The third-order valence-corrected chi connectivity index (χ3v) is 4.48. The normalized spacial score (nSPS) is 16.7. The van der Waals surface area contributed by atoms with E-state index in [0.29, 0.717) is 18.7 Å². The van der Waals surface area contributed by atoms with Crippen LogP contribution in [0.15, 0.2) is 42.5 Å². The van der Waals surface area contributed by atoms with Crippen LogP contribution in [0, 0.1) is 20.8 Å². The molecule has 0 spiro atoms. The molecule has 5 heteroatoms. The summed E-state index contributed by atoms with van der Waals surface area (Å²) in [4.78, 5) is 25.9. The monoisotopic (exact) mass is 338 g/mol. The van der Waals surface area contributed by atoms with Crippen molar-refractivity contribution in [3.63, 3.8) is 0 Å². The first-order valence-corrected chi connectivity index (χ1v) is 8.34. The van der Waals surface area contributed by atoms with E-state index in [4.69, 9.17) is 4.74 Å². The Labute approximate surface area is 147 Å². The predicted octanol–water partition coefficient (Wildman–Crippen LogP) is 3.37. The topological polar surface area (TPSA) is 58.6 Å². The number of carbonyl (C=O) groups excluding carboxylic acids is 2. The summed E-state index contributed by atoms with van der Waals surface area (Å²) in [6, 6.07) is 13.3. The van der Waals surface area contributed by atoms with E-state index in [1.165, 1.54) is 0 Å². The average Bonchev–Trinajstić information content (AvgIpc) is 2.96. The Morgan fingerprint density at radius 2 is 1.84 bits per heavy atom. The van der Waals surface area contributed by atoms with Crippen LogP contribution in [-0.2, 0) is 4.74 Å². The van der Waals surface area contributed by atoms with Crippen molar-refractivity contribution >= 4 is 17.7 Å². The average molecular weight is 338 g/mol. The van der Waals surface area contributed by atoms with Crippen molar-refractivity contribution in [3.05, 3.63) is 64.7 Å². The molecule has 130 valence electrons. The van der Waals surface area contributed by atoms with Crippen LogP contribution in [0.1, 0.15) is 27.0 Å². The second kappa shape index (κ2) is 6.97. The summed E-state index contributed by atoms with van der Waals surface area (Å²) in [7, 11) is 0. The Kier molecular flexibility index (Phi) is 4.74. The summed E-state index contributed by atoms with van der Waals surface area (Å²) in [5.41, 5.74) is 4.77. The van der Waals surface area contributed by atoms with Crippen LogP contribution in [0.5, 0.6) is 0 Å². The van der Waals surface area contributed by atoms with Gasteiger partial charge < -0.3 is 10.1 Å². The highest BCUT2D eigenvalue weighted by molar-refractivity contribution is 5.94. The van der Waals surface area contributed by atoms with Crippen LogP contribution in [0.2, 0.25) is 0 Å². The fourth-order valence-electron chi connectivity index (χ4n) is 2.75. The highest BCUT2D eigenvalue weighted by atomic mass is 16.6. The molecule has 2 aromatic carbocycles. The number of carbonyl (C=O) groups is 2. The van der Waals surface area contributed by atoms with Crippen LogP contribution in [0.3, 0.4) is 0 Å². The molecule has 25 heavy (non-hydrogen) atoms. The Balaban J connectivity index is 1.59. The van der Waals surface area contributed by atoms with Crippen LogP contribution in [0.25, 0.3) is 0 Å². The molecule has 1 fully saturated rings. The third-order valence-electron chi connectivity index (χ3n) is 4.48. The van der Waals surface area contributed by atoms with Crippen molar-refractivity contribution in [3.8, 4) is 0 Å². The molecule has 1 saturated heterocycles. The van der Waals surface area contributed by atoms with Crippen molar-refractivity contribution in [2.75, 3.05) is 18.0 Å².